The molecule has 1 N–H and O–H groups in total. The first kappa shape index (κ1) is 14.1. The van der Waals surface area contributed by atoms with Crippen LogP contribution in [0.5, 0.6) is 0 Å². The summed E-state index contributed by atoms with van der Waals surface area (Å²) in [6.45, 7) is 4.36. The van der Waals surface area contributed by atoms with Crippen molar-refractivity contribution >= 4 is 11.6 Å². The van der Waals surface area contributed by atoms with Crippen LogP contribution in [0.2, 0.25) is 5.02 Å². The normalized spacial score (nSPS) is 12.4. The number of benzene rings is 2. The van der Waals surface area contributed by atoms with Gasteiger partial charge in [0.15, 0.2) is 0 Å². The molecule has 0 radical (unpaired) electrons. The molecule has 0 bridgehead atoms. The van der Waals surface area contributed by atoms with E-state index in [-0.39, 0.29) is 12.5 Å². The Morgan fingerprint density at radius 2 is 1.84 bits per heavy atom. The van der Waals surface area contributed by atoms with Gasteiger partial charge in [0.25, 0.3) is 0 Å². The minimum absolute atomic E-state index is 0.0980. The van der Waals surface area contributed by atoms with Crippen LogP contribution >= 0.6 is 11.6 Å². The second-order valence-electron chi connectivity index (χ2n) is 5.06. The third-order valence-electron chi connectivity index (χ3n) is 3.59. The predicted octanol–water partition coefficient (Wildman–Crippen LogP) is 4.28. The van der Waals surface area contributed by atoms with Gasteiger partial charge in [-0.05, 0) is 54.7 Å². The van der Waals surface area contributed by atoms with Crippen LogP contribution in [0.3, 0.4) is 0 Å². The molecule has 19 heavy (non-hydrogen) atoms. The maximum atomic E-state index is 9.61. The van der Waals surface area contributed by atoms with Gasteiger partial charge >= 0.3 is 0 Å². The molecule has 0 aliphatic carbocycles. The molecule has 2 aromatic rings. The molecule has 0 heterocycles. The number of halogens is 1. The average molecular weight is 275 g/mol. The largest absolute Gasteiger partial charge is 0.396 e. The number of aliphatic hydroxyl groups is 1. The van der Waals surface area contributed by atoms with Gasteiger partial charge < -0.3 is 5.11 Å². The molecule has 0 fully saturated rings. The average Bonchev–Trinajstić information content (AvgIpc) is 2.40. The summed E-state index contributed by atoms with van der Waals surface area (Å²) in [6.07, 6.45) is 0.831. The van der Waals surface area contributed by atoms with Crippen molar-refractivity contribution in [2.24, 2.45) is 0 Å². The lowest BCUT2D eigenvalue weighted by Gasteiger charge is -2.16. The Bertz CT molecular complexity index is 563. The Hall–Kier alpha value is -1.31. The molecule has 2 rings (SSSR count). The number of rotatable bonds is 4. The maximum Gasteiger partial charge on any atom is 0.0502 e. The highest BCUT2D eigenvalue weighted by atomic mass is 35.5. The van der Waals surface area contributed by atoms with Gasteiger partial charge in [0.2, 0.25) is 0 Å². The lowest BCUT2D eigenvalue weighted by atomic mass is 9.91. The zero-order valence-electron chi connectivity index (χ0n) is 11.4. The van der Waals surface area contributed by atoms with E-state index in [2.05, 4.69) is 32.0 Å². The van der Waals surface area contributed by atoms with Crippen molar-refractivity contribution in [3.8, 4) is 0 Å². The highest BCUT2D eigenvalue weighted by Crippen LogP contribution is 2.24. The van der Waals surface area contributed by atoms with Crippen LogP contribution in [-0.2, 0) is 6.42 Å². The number of aryl methyl sites for hydroxylation is 2. The summed E-state index contributed by atoms with van der Waals surface area (Å²) in [4.78, 5) is 0. The first-order valence-corrected chi connectivity index (χ1v) is 6.90. The van der Waals surface area contributed by atoms with Crippen molar-refractivity contribution in [1.29, 1.82) is 0 Å². The fraction of sp³-hybridized carbons (Fsp3) is 0.294. The molecule has 2 aromatic carbocycles. The molecule has 0 saturated heterocycles. The van der Waals surface area contributed by atoms with Crippen molar-refractivity contribution in [3.63, 3.8) is 0 Å². The van der Waals surface area contributed by atoms with Crippen molar-refractivity contribution < 1.29 is 5.11 Å². The second kappa shape index (κ2) is 6.23. The van der Waals surface area contributed by atoms with E-state index >= 15 is 0 Å². The van der Waals surface area contributed by atoms with Crippen LogP contribution in [0.25, 0.3) is 0 Å². The summed E-state index contributed by atoms with van der Waals surface area (Å²) in [5, 5.41) is 10.3. The quantitative estimate of drug-likeness (QED) is 0.882. The van der Waals surface area contributed by atoms with Gasteiger partial charge in [-0.15, -0.1) is 0 Å². The molecule has 1 atom stereocenters. The van der Waals surface area contributed by atoms with E-state index in [1.807, 2.05) is 24.3 Å². The molecule has 1 nitrogen and oxygen atoms in total. The monoisotopic (exact) mass is 274 g/mol. The number of aliphatic hydroxyl groups excluding tert-OH is 1. The van der Waals surface area contributed by atoms with Gasteiger partial charge in [-0.25, -0.2) is 0 Å². The first-order valence-electron chi connectivity index (χ1n) is 6.52. The minimum atomic E-state index is 0.0980. The summed E-state index contributed by atoms with van der Waals surface area (Å²) >= 11 is 6.01. The van der Waals surface area contributed by atoms with Gasteiger partial charge in [-0.3, -0.25) is 0 Å². The van der Waals surface area contributed by atoms with Crippen molar-refractivity contribution in [3.05, 3.63) is 69.7 Å². The lowest BCUT2D eigenvalue weighted by Crippen LogP contribution is -2.08. The Balaban J connectivity index is 2.21. The molecule has 0 amide bonds. The van der Waals surface area contributed by atoms with E-state index in [1.54, 1.807) is 0 Å². The summed E-state index contributed by atoms with van der Waals surface area (Å²) in [5.41, 5.74) is 4.93. The van der Waals surface area contributed by atoms with E-state index in [1.165, 1.54) is 16.7 Å². The van der Waals surface area contributed by atoms with E-state index in [0.29, 0.717) is 0 Å². The van der Waals surface area contributed by atoms with Gasteiger partial charge in [0, 0.05) is 10.9 Å². The lowest BCUT2D eigenvalue weighted by molar-refractivity contribution is 0.264. The van der Waals surface area contributed by atoms with E-state index in [4.69, 9.17) is 11.6 Å². The molecule has 0 saturated carbocycles. The Kier molecular flexibility index (Phi) is 4.62. The Morgan fingerprint density at radius 3 is 2.47 bits per heavy atom. The van der Waals surface area contributed by atoms with Gasteiger partial charge in [0.05, 0.1) is 6.61 Å². The maximum absolute atomic E-state index is 9.61. The number of hydrogen-bond acceptors (Lipinski definition) is 1. The van der Waals surface area contributed by atoms with Crippen LogP contribution in [0, 0.1) is 13.8 Å². The molecule has 2 heteroatoms. The van der Waals surface area contributed by atoms with Crippen molar-refractivity contribution in [2.45, 2.75) is 26.2 Å². The van der Waals surface area contributed by atoms with Crippen molar-refractivity contribution in [1.82, 2.24) is 0 Å². The van der Waals surface area contributed by atoms with Crippen LogP contribution in [-0.4, -0.2) is 11.7 Å². The van der Waals surface area contributed by atoms with Crippen LogP contribution in [0.4, 0.5) is 0 Å². The summed E-state index contributed by atoms with van der Waals surface area (Å²) in [7, 11) is 0. The Morgan fingerprint density at radius 1 is 1.05 bits per heavy atom. The topological polar surface area (TPSA) is 20.2 Å². The zero-order valence-corrected chi connectivity index (χ0v) is 12.1. The van der Waals surface area contributed by atoms with E-state index in [9.17, 15) is 5.11 Å². The van der Waals surface area contributed by atoms with Crippen LogP contribution < -0.4 is 0 Å². The predicted molar refractivity (Wildman–Crippen MR) is 80.9 cm³/mol. The molecule has 0 aliphatic heterocycles. The zero-order chi connectivity index (χ0) is 13.8. The summed E-state index contributed by atoms with van der Waals surface area (Å²) in [6, 6.07) is 14.2. The summed E-state index contributed by atoms with van der Waals surface area (Å²) in [5.74, 6) is 0.0980. The van der Waals surface area contributed by atoms with Crippen molar-refractivity contribution in [2.75, 3.05) is 6.61 Å². The minimum Gasteiger partial charge on any atom is -0.396 e. The number of hydrogen-bond donors (Lipinski definition) is 1. The SMILES string of the molecule is Cc1ccc(CC(CO)c2cccc(Cl)c2)cc1C. The molecule has 0 spiro atoms. The Labute approximate surface area is 119 Å². The highest BCUT2D eigenvalue weighted by Gasteiger charge is 2.12. The molecule has 0 aliphatic rings. The second-order valence-corrected chi connectivity index (χ2v) is 5.49. The molecule has 100 valence electrons. The first-order chi connectivity index (χ1) is 9.10. The summed E-state index contributed by atoms with van der Waals surface area (Å²) < 4.78 is 0. The van der Waals surface area contributed by atoms with Crippen LogP contribution in [0.1, 0.15) is 28.2 Å². The standard InChI is InChI=1S/C17H19ClO/c1-12-6-7-14(8-13(12)2)9-16(11-19)15-4-3-5-17(18)10-15/h3-8,10,16,19H,9,11H2,1-2H3. The molecule has 1 unspecified atom stereocenters. The fourth-order valence-corrected chi connectivity index (χ4v) is 2.46. The highest BCUT2D eigenvalue weighted by molar-refractivity contribution is 6.30. The molecule has 0 aromatic heterocycles. The van der Waals surface area contributed by atoms with E-state index < -0.39 is 0 Å². The van der Waals surface area contributed by atoms with E-state index in [0.717, 1.165) is 17.0 Å². The van der Waals surface area contributed by atoms with Gasteiger partial charge in [-0.1, -0.05) is 41.9 Å². The third kappa shape index (κ3) is 3.59. The van der Waals surface area contributed by atoms with Crippen LogP contribution in [0.15, 0.2) is 42.5 Å². The molecular weight excluding hydrogens is 256 g/mol. The van der Waals surface area contributed by atoms with Gasteiger partial charge in [-0.2, -0.15) is 0 Å². The fourth-order valence-electron chi connectivity index (χ4n) is 2.26. The van der Waals surface area contributed by atoms with Gasteiger partial charge in [0.1, 0.15) is 0 Å². The smallest absolute Gasteiger partial charge is 0.0502 e. The molecular formula is C17H19ClO. The third-order valence-corrected chi connectivity index (χ3v) is 3.83.